The molecule has 4 rings (SSSR count). The lowest BCUT2D eigenvalue weighted by molar-refractivity contribution is -0.140. The van der Waals surface area contributed by atoms with E-state index in [2.05, 4.69) is 15.9 Å². The first-order valence-electron chi connectivity index (χ1n) is 12.8. The summed E-state index contributed by atoms with van der Waals surface area (Å²) in [6.45, 7) is 3.91. The SMILES string of the molecule is CCCN1C(=O)[C@@H]2[C@@H](CC(C)=C([C@H](O)CC/C(=C/c3cc(Br)ccc3O)c3ccccc3)[C@@H]2CO)C1=O. The Morgan fingerprint density at radius 2 is 1.89 bits per heavy atom. The van der Waals surface area contributed by atoms with E-state index in [1.165, 1.54) is 4.90 Å². The topological polar surface area (TPSA) is 98.1 Å². The van der Waals surface area contributed by atoms with Crippen LogP contribution in [0.3, 0.4) is 0 Å². The largest absolute Gasteiger partial charge is 0.507 e. The molecule has 2 amide bonds. The summed E-state index contributed by atoms with van der Waals surface area (Å²) < 4.78 is 0.847. The van der Waals surface area contributed by atoms with E-state index in [4.69, 9.17) is 0 Å². The van der Waals surface area contributed by atoms with Gasteiger partial charge in [0, 0.05) is 22.5 Å². The summed E-state index contributed by atoms with van der Waals surface area (Å²) in [4.78, 5) is 27.4. The summed E-state index contributed by atoms with van der Waals surface area (Å²) in [5.41, 5.74) is 4.15. The number of hydrogen-bond acceptors (Lipinski definition) is 5. The molecule has 1 aliphatic carbocycles. The maximum Gasteiger partial charge on any atom is 0.233 e. The van der Waals surface area contributed by atoms with E-state index in [1.54, 1.807) is 12.1 Å². The molecule has 0 bridgehead atoms. The molecule has 4 atom stereocenters. The highest BCUT2D eigenvalue weighted by Gasteiger charge is 2.54. The van der Waals surface area contributed by atoms with Gasteiger partial charge in [-0.3, -0.25) is 14.5 Å². The normalized spacial score (nSPS) is 23.0. The first kappa shape index (κ1) is 27.3. The van der Waals surface area contributed by atoms with E-state index < -0.39 is 23.9 Å². The highest BCUT2D eigenvalue weighted by atomic mass is 79.9. The molecule has 0 radical (unpaired) electrons. The van der Waals surface area contributed by atoms with Crippen molar-refractivity contribution in [2.24, 2.45) is 17.8 Å². The van der Waals surface area contributed by atoms with Gasteiger partial charge in [0.2, 0.25) is 11.8 Å². The van der Waals surface area contributed by atoms with Crippen LogP contribution in [-0.4, -0.2) is 51.3 Å². The van der Waals surface area contributed by atoms with Gasteiger partial charge >= 0.3 is 0 Å². The Bertz CT molecular complexity index is 1220. The van der Waals surface area contributed by atoms with E-state index >= 15 is 0 Å². The molecule has 0 aromatic heterocycles. The molecule has 3 N–H and O–H groups in total. The Hall–Kier alpha value is -2.74. The first-order valence-corrected chi connectivity index (χ1v) is 13.6. The molecule has 37 heavy (non-hydrogen) atoms. The third kappa shape index (κ3) is 5.59. The molecule has 7 heteroatoms. The number of likely N-dealkylation sites (tertiary alicyclic amines) is 1. The van der Waals surface area contributed by atoms with Crippen LogP contribution < -0.4 is 0 Å². The summed E-state index contributed by atoms with van der Waals surface area (Å²) in [5, 5.41) is 32.1. The van der Waals surface area contributed by atoms with Gasteiger partial charge in [-0.15, -0.1) is 0 Å². The average molecular weight is 569 g/mol. The minimum Gasteiger partial charge on any atom is -0.507 e. The summed E-state index contributed by atoms with van der Waals surface area (Å²) in [6, 6.07) is 15.1. The molecular weight excluding hydrogens is 534 g/mol. The molecule has 6 nitrogen and oxygen atoms in total. The summed E-state index contributed by atoms with van der Waals surface area (Å²) in [7, 11) is 0. The molecule has 1 saturated heterocycles. The Morgan fingerprint density at radius 3 is 2.57 bits per heavy atom. The van der Waals surface area contributed by atoms with Gasteiger partial charge in [0.1, 0.15) is 5.75 Å². The molecule has 0 saturated carbocycles. The van der Waals surface area contributed by atoms with Crippen LogP contribution in [-0.2, 0) is 9.59 Å². The molecular formula is C30H34BrNO5. The quantitative estimate of drug-likeness (QED) is 0.220. The summed E-state index contributed by atoms with van der Waals surface area (Å²) in [5.74, 6) is -1.90. The zero-order chi connectivity index (χ0) is 26.7. The van der Waals surface area contributed by atoms with E-state index in [1.807, 2.05) is 56.3 Å². The maximum atomic E-state index is 13.2. The molecule has 0 unspecified atom stereocenters. The smallest absolute Gasteiger partial charge is 0.233 e. The van der Waals surface area contributed by atoms with Crippen LogP contribution in [0, 0.1) is 17.8 Å². The highest BCUT2D eigenvalue weighted by molar-refractivity contribution is 9.10. The first-order chi connectivity index (χ1) is 17.8. The number of phenols is 1. The van der Waals surface area contributed by atoms with Crippen LogP contribution >= 0.6 is 15.9 Å². The average Bonchev–Trinajstić information content (AvgIpc) is 3.12. The van der Waals surface area contributed by atoms with Crippen LogP contribution in [0.1, 0.15) is 50.7 Å². The third-order valence-corrected chi connectivity index (χ3v) is 8.07. The number of amides is 2. The predicted molar refractivity (Wildman–Crippen MR) is 147 cm³/mol. The number of rotatable bonds is 9. The number of halogens is 1. The Balaban J connectivity index is 1.60. The fraction of sp³-hybridized carbons (Fsp3) is 0.400. The van der Waals surface area contributed by atoms with E-state index in [-0.39, 0.29) is 24.2 Å². The van der Waals surface area contributed by atoms with Crippen LogP contribution in [0.2, 0.25) is 0 Å². The number of fused-ring (bicyclic) bond motifs is 1. The molecule has 1 aliphatic heterocycles. The monoisotopic (exact) mass is 567 g/mol. The van der Waals surface area contributed by atoms with Gasteiger partial charge in [-0.1, -0.05) is 58.8 Å². The second-order valence-electron chi connectivity index (χ2n) is 9.98. The Labute approximate surface area is 226 Å². The standard InChI is InChI=1S/C30H34BrNO5/c1-3-13-32-29(36)23-14-18(2)27(24(17-33)28(23)30(32)37)26(35)11-9-20(19-7-5-4-6-8-19)15-21-16-22(31)10-12-25(21)34/h4-8,10,12,15-16,23-24,26,28,33-35H,3,9,11,13-14,17H2,1-2H3/b20-15-/t23-,24+,26-,28-/m1/s1. The number of carbonyl (C=O) groups is 2. The third-order valence-electron chi connectivity index (χ3n) is 7.57. The number of benzene rings is 2. The van der Waals surface area contributed by atoms with Gasteiger partial charge in [-0.25, -0.2) is 0 Å². The molecule has 2 aromatic carbocycles. The number of aliphatic hydroxyl groups is 2. The van der Waals surface area contributed by atoms with Crippen molar-refractivity contribution < 1.29 is 24.9 Å². The van der Waals surface area contributed by atoms with E-state index in [0.29, 0.717) is 43.4 Å². The zero-order valence-corrected chi connectivity index (χ0v) is 22.8. The molecule has 1 heterocycles. The number of imide groups is 1. The Morgan fingerprint density at radius 1 is 1.16 bits per heavy atom. The van der Waals surface area contributed by atoms with E-state index in [0.717, 1.165) is 21.2 Å². The summed E-state index contributed by atoms with van der Waals surface area (Å²) in [6.07, 6.45) is 3.04. The number of phenolic OH excluding ortho intramolecular Hbond substituents is 1. The Kier molecular flexibility index (Phi) is 8.67. The lowest BCUT2D eigenvalue weighted by atomic mass is 9.68. The van der Waals surface area contributed by atoms with Crippen molar-refractivity contribution in [1.82, 2.24) is 4.90 Å². The van der Waals surface area contributed by atoms with Gasteiger partial charge in [-0.2, -0.15) is 0 Å². The second-order valence-corrected chi connectivity index (χ2v) is 10.9. The van der Waals surface area contributed by atoms with Crippen LogP contribution in [0.25, 0.3) is 11.6 Å². The van der Waals surface area contributed by atoms with Crippen molar-refractivity contribution in [3.8, 4) is 5.75 Å². The van der Waals surface area contributed by atoms with Crippen molar-refractivity contribution in [2.45, 2.75) is 45.6 Å². The highest BCUT2D eigenvalue weighted by Crippen LogP contribution is 2.46. The van der Waals surface area contributed by atoms with Crippen molar-refractivity contribution >= 4 is 39.4 Å². The number of aromatic hydroxyl groups is 1. The number of hydrogen-bond donors (Lipinski definition) is 3. The fourth-order valence-corrected chi connectivity index (χ4v) is 6.23. The number of aliphatic hydroxyl groups excluding tert-OH is 2. The fourth-order valence-electron chi connectivity index (χ4n) is 5.85. The number of carbonyl (C=O) groups excluding carboxylic acids is 2. The molecule has 2 aliphatic rings. The number of allylic oxidation sites excluding steroid dienone is 2. The molecule has 2 aromatic rings. The van der Waals surface area contributed by atoms with Crippen LogP contribution in [0.15, 0.2) is 64.1 Å². The van der Waals surface area contributed by atoms with Crippen molar-refractivity contribution in [2.75, 3.05) is 13.2 Å². The van der Waals surface area contributed by atoms with Gasteiger partial charge in [0.05, 0.1) is 24.5 Å². The van der Waals surface area contributed by atoms with Crippen molar-refractivity contribution in [3.05, 3.63) is 75.3 Å². The zero-order valence-electron chi connectivity index (χ0n) is 21.2. The maximum absolute atomic E-state index is 13.2. The minimum absolute atomic E-state index is 0.161. The predicted octanol–water partition coefficient (Wildman–Crippen LogP) is 5.18. The van der Waals surface area contributed by atoms with Gasteiger partial charge in [0.25, 0.3) is 0 Å². The minimum atomic E-state index is -0.871. The number of nitrogens with zero attached hydrogens (tertiary/aromatic N) is 1. The van der Waals surface area contributed by atoms with Gasteiger partial charge < -0.3 is 15.3 Å². The second kappa shape index (κ2) is 11.8. The summed E-state index contributed by atoms with van der Waals surface area (Å²) >= 11 is 3.46. The van der Waals surface area contributed by atoms with Crippen LogP contribution in [0.4, 0.5) is 0 Å². The molecule has 0 spiro atoms. The van der Waals surface area contributed by atoms with E-state index in [9.17, 15) is 24.9 Å². The van der Waals surface area contributed by atoms with Gasteiger partial charge in [-0.05, 0) is 73.6 Å². The van der Waals surface area contributed by atoms with Crippen molar-refractivity contribution in [3.63, 3.8) is 0 Å². The molecule has 1 fully saturated rings. The van der Waals surface area contributed by atoms with Gasteiger partial charge in [0.15, 0.2) is 0 Å². The van der Waals surface area contributed by atoms with Crippen LogP contribution in [0.5, 0.6) is 5.75 Å². The lowest BCUT2D eigenvalue weighted by Crippen LogP contribution is -2.38. The molecule has 196 valence electrons. The van der Waals surface area contributed by atoms with Crippen molar-refractivity contribution in [1.29, 1.82) is 0 Å². The lowest BCUT2D eigenvalue weighted by Gasteiger charge is -2.35.